The van der Waals surface area contributed by atoms with Crippen LogP contribution in [0, 0.1) is 20.8 Å². The summed E-state index contributed by atoms with van der Waals surface area (Å²) in [6.07, 6.45) is 0. The van der Waals surface area contributed by atoms with E-state index in [0.29, 0.717) is 17.9 Å². The summed E-state index contributed by atoms with van der Waals surface area (Å²) >= 11 is 0. The number of nitrogens with one attached hydrogen (secondary N) is 2. The van der Waals surface area contributed by atoms with Crippen LogP contribution in [0.5, 0.6) is 0 Å². The van der Waals surface area contributed by atoms with Gasteiger partial charge in [0.05, 0.1) is 19.3 Å². The molecule has 2 aromatic heterocycles. The standard InChI is InChI=1S/C18H20N2O4/c1-6-24-18(22)16-9(3)13-8(2)14-12(7-11(13)20-16)19-10(4)15(14)17(21)23-5/h7,19-20H,6H2,1-5H3. The normalized spacial score (nSPS) is 11.2. The Morgan fingerprint density at radius 1 is 1.00 bits per heavy atom. The van der Waals surface area contributed by atoms with Gasteiger partial charge in [-0.05, 0) is 44.9 Å². The molecule has 0 aliphatic heterocycles. The van der Waals surface area contributed by atoms with Crippen LogP contribution in [0.2, 0.25) is 0 Å². The van der Waals surface area contributed by atoms with Crippen molar-refractivity contribution in [2.75, 3.05) is 13.7 Å². The number of H-pyrrole nitrogens is 2. The summed E-state index contributed by atoms with van der Waals surface area (Å²) in [6, 6.07) is 1.91. The van der Waals surface area contributed by atoms with Crippen LogP contribution in [0.15, 0.2) is 6.07 Å². The Morgan fingerprint density at radius 2 is 1.67 bits per heavy atom. The molecule has 0 amide bonds. The van der Waals surface area contributed by atoms with Gasteiger partial charge in [0.25, 0.3) is 0 Å². The zero-order valence-electron chi connectivity index (χ0n) is 14.4. The fraction of sp³-hybridized carbons (Fsp3) is 0.333. The molecule has 6 heteroatoms. The lowest BCUT2D eigenvalue weighted by Crippen LogP contribution is -2.06. The van der Waals surface area contributed by atoms with Crippen LogP contribution in [0.1, 0.15) is 44.6 Å². The number of esters is 2. The molecule has 0 aliphatic carbocycles. The van der Waals surface area contributed by atoms with E-state index in [2.05, 4.69) is 9.97 Å². The number of carbonyl (C=O) groups excluding carboxylic acids is 2. The molecule has 3 aromatic rings. The minimum absolute atomic E-state index is 0.319. The van der Waals surface area contributed by atoms with Gasteiger partial charge in [0.1, 0.15) is 5.69 Å². The smallest absolute Gasteiger partial charge is 0.355 e. The number of aromatic nitrogens is 2. The first-order valence-corrected chi connectivity index (χ1v) is 7.80. The summed E-state index contributed by atoms with van der Waals surface area (Å²) < 4.78 is 10.0. The molecule has 6 nitrogen and oxygen atoms in total. The number of benzene rings is 1. The van der Waals surface area contributed by atoms with Crippen LogP contribution in [-0.2, 0) is 9.47 Å². The summed E-state index contributed by atoms with van der Waals surface area (Å²) in [5, 5.41) is 1.75. The van der Waals surface area contributed by atoms with E-state index in [1.165, 1.54) is 7.11 Å². The van der Waals surface area contributed by atoms with Gasteiger partial charge < -0.3 is 19.4 Å². The second kappa shape index (κ2) is 5.70. The van der Waals surface area contributed by atoms with Gasteiger partial charge in [0.2, 0.25) is 0 Å². The maximum atomic E-state index is 12.2. The zero-order chi connectivity index (χ0) is 17.6. The lowest BCUT2D eigenvalue weighted by atomic mass is 9.99. The van der Waals surface area contributed by atoms with E-state index in [0.717, 1.165) is 38.6 Å². The fourth-order valence-corrected chi connectivity index (χ4v) is 3.39. The number of carbonyl (C=O) groups is 2. The van der Waals surface area contributed by atoms with Crippen LogP contribution < -0.4 is 0 Å². The number of methoxy groups -OCH3 is 1. The third kappa shape index (κ3) is 2.18. The average molecular weight is 328 g/mol. The number of rotatable bonds is 3. The van der Waals surface area contributed by atoms with Gasteiger partial charge in [0, 0.05) is 27.5 Å². The van der Waals surface area contributed by atoms with Crippen molar-refractivity contribution in [3.8, 4) is 0 Å². The molecule has 0 saturated carbocycles. The highest BCUT2D eigenvalue weighted by atomic mass is 16.5. The number of ether oxygens (including phenoxy) is 2. The Kier molecular flexibility index (Phi) is 3.83. The first-order chi connectivity index (χ1) is 11.4. The summed E-state index contributed by atoms with van der Waals surface area (Å²) in [7, 11) is 1.37. The SMILES string of the molecule is CCOC(=O)c1[nH]c2cc3[nH]c(C)c(C(=O)OC)c3c(C)c2c1C. The van der Waals surface area contributed by atoms with Crippen molar-refractivity contribution >= 4 is 33.7 Å². The molecule has 24 heavy (non-hydrogen) atoms. The Bertz CT molecular complexity index is 978. The molecule has 0 unspecified atom stereocenters. The maximum Gasteiger partial charge on any atom is 0.355 e. The molecule has 0 fully saturated rings. The number of aryl methyl sites for hydroxylation is 3. The molecular weight excluding hydrogens is 308 g/mol. The number of aromatic amines is 2. The third-order valence-electron chi connectivity index (χ3n) is 4.40. The summed E-state index contributed by atoms with van der Waals surface area (Å²) in [5.41, 5.74) is 5.14. The largest absolute Gasteiger partial charge is 0.465 e. The monoisotopic (exact) mass is 328 g/mol. The van der Waals surface area contributed by atoms with Crippen molar-refractivity contribution in [2.45, 2.75) is 27.7 Å². The molecule has 0 radical (unpaired) electrons. The van der Waals surface area contributed by atoms with Crippen LogP contribution in [0.25, 0.3) is 21.8 Å². The topological polar surface area (TPSA) is 84.2 Å². The van der Waals surface area contributed by atoms with E-state index in [4.69, 9.17) is 9.47 Å². The lowest BCUT2D eigenvalue weighted by Gasteiger charge is -2.04. The molecule has 126 valence electrons. The van der Waals surface area contributed by atoms with Crippen molar-refractivity contribution in [3.63, 3.8) is 0 Å². The Morgan fingerprint density at radius 3 is 2.29 bits per heavy atom. The predicted molar refractivity (Wildman–Crippen MR) is 91.7 cm³/mol. The van der Waals surface area contributed by atoms with E-state index in [9.17, 15) is 9.59 Å². The van der Waals surface area contributed by atoms with Gasteiger partial charge >= 0.3 is 11.9 Å². The van der Waals surface area contributed by atoms with Gasteiger partial charge in [-0.25, -0.2) is 9.59 Å². The molecule has 2 N–H and O–H groups in total. The maximum absolute atomic E-state index is 12.2. The Hall–Kier alpha value is -2.76. The van der Waals surface area contributed by atoms with E-state index in [-0.39, 0.29) is 11.9 Å². The Labute approximate surface area is 139 Å². The minimum atomic E-state index is -0.376. The van der Waals surface area contributed by atoms with Gasteiger partial charge in [-0.1, -0.05) is 0 Å². The molecule has 0 spiro atoms. The second-order valence-corrected chi connectivity index (χ2v) is 5.81. The van der Waals surface area contributed by atoms with E-state index < -0.39 is 0 Å². The lowest BCUT2D eigenvalue weighted by molar-refractivity contribution is 0.0518. The molecule has 0 bridgehead atoms. The molecule has 3 rings (SSSR count). The number of hydrogen-bond acceptors (Lipinski definition) is 4. The Balaban J connectivity index is 2.36. The van der Waals surface area contributed by atoms with Crippen molar-refractivity contribution in [2.24, 2.45) is 0 Å². The predicted octanol–water partition coefficient (Wildman–Crippen LogP) is 3.54. The molecule has 0 saturated heterocycles. The van der Waals surface area contributed by atoms with Crippen molar-refractivity contribution < 1.29 is 19.1 Å². The first-order valence-electron chi connectivity index (χ1n) is 7.80. The van der Waals surface area contributed by atoms with Crippen LogP contribution in [-0.4, -0.2) is 35.6 Å². The van der Waals surface area contributed by atoms with Crippen molar-refractivity contribution in [3.05, 3.63) is 34.1 Å². The summed E-state index contributed by atoms with van der Waals surface area (Å²) in [6.45, 7) is 7.76. The third-order valence-corrected chi connectivity index (χ3v) is 4.40. The highest BCUT2D eigenvalue weighted by molar-refractivity contribution is 6.13. The van der Waals surface area contributed by atoms with Gasteiger partial charge in [-0.3, -0.25) is 0 Å². The molecule has 1 aromatic carbocycles. The fourth-order valence-electron chi connectivity index (χ4n) is 3.39. The number of hydrogen-bond donors (Lipinski definition) is 2. The molecular formula is C18H20N2O4. The molecule has 0 aliphatic rings. The number of fused-ring (bicyclic) bond motifs is 2. The van der Waals surface area contributed by atoms with Crippen LogP contribution in [0.3, 0.4) is 0 Å². The molecule has 0 atom stereocenters. The summed E-state index contributed by atoms with van der Waals surface area (Å²) in [5.74, 6) is -0.751. The summed E-state index contributed by atoms with van der Waals surface area (Å²) in [4.78, 5) is 30.6. The zero-order valence-corrected chi connectivity index (χ0v) is 14.4. The van der Waals surface area contributed by atoms with E-state index in [1.54, 1.807) is 6.92 Å². The van der Waals surface area contributed by atoms with E-state index >= 15 is 0 Å². The van der Waals surface area contributed by atoms with Crippen molar-refractivity contribution in [1.29, 1.82) is 0 Å². The van der Waals surface area contributed by atoms with Crippen LogP contribution >= 0.6 is 0 Å². The quantitative estimate of drug-likeness (QED) is 0.720. The van der Waals surface area contributed by atoms with Gasteiger partial charge in [-0.15, -0.1) is 0 Å². The highest BCUT2D eigenvalue weighted by Gasteiger charge is 2.23. The average Bonchev–Trinajstić information content (AvgIpc) is 3.04. The van der Waals surface area contributed by atoms with Gasteiger partial charge in [-0.2, -0.15) is 0 Å². The van der Waals surface area contributed by atoms with Crippen molar-refractivity contribution in [1.82, 2.24) is 9.97 Å². The van der Waals surface area contributed by atoms with Crippen LogP contribution in [0.4, 0.5) is 0 Å². The van der Waals surface area contributed by atoms with Gasteiger partial charge in [0.15, 0.2) is 0 Å². The first kappa shape index (κ1) is 16.1. The second-order valence-electron chi connectivity index (χ2n) is 5.81. The van der Waals surface area contributed by atoms with E-state index in [1.807, 2.05) is 26.8 Å². The highest BCUT2D eigenvalue weighted by Crippen LogP contribution is 2.35. The molecule has 2 heterocycles. The minimum Gasteiger partial charge on any atom is -0.465 e.